The van der Waals surface area contributed by atoms with E-state index in [4.69, 9.17) is 10.5 Å². The molecule has 0 aliphatic heterocycles. The van der Waals surface area contributed by atoms with Crippen molar-refractivity contribution < 1.29 is 4.74 Å². The van der Waals surface area contributed by atoms with Crippen LogP contribution >= 0.6 is 0 Å². The maximum absolute atomic E-state index is 5.80. The second-order valence-corrected chi connectivity index (χ2v) is 3.76. The average Bonchev–Trinajstić information content (AvgIpc) is 2.51. The van der Waals surface area contributed by atoms with Crippen molar-refractivity contribution in [2.75, 3.05) is 0 Å². The molecular formula is C10H15N3O. The molecule has 1 aliphatic rings. The van der Waals surface area contributed by atoms with Gasteiger partial charge in [0.25, 0.3) is 0 Å². The van der Waals surface area contributed by atoms with E-state index in [9.17, 15) is 0 Å². The van der Waals surface area contributed by atoms with Crippen LogP contribution in [0.15, 0.2) is 12.3 Å². The highest BCUT2D eigenvalue weighted by Gasteiger charge is 2.23. The SMILES string of the molecule is Cc1nccc(OC2CCC(N)C2)n1. The minimum absolute atomic E-state index is 0.235. The predicted molar refractivity (Wildman–Crippen MR) is 53.0 cm³/mol. The molecule has 1 aromatic heterocycles. The highest BCUT2D eigenvalue weighted by molar-refractivity contribution is 5.08. The molecule has 1 saturated carbocycles. The Kier molecular flexibility index (Phi) is 2.63. The first-order valence-electron chi connectivity index (χ1n) is 4.96. The van der Waals surface area contributed by atoms with Crippen LogP contribution in [0.5, 0.6) is 5.88 Å². The molecule has 1 aliphatic carbocycles. The summed E-state index contributed by atoms with van der Waals surface area (Å²) < 4.78 is 5.70. The van der Waals surface area contributed by atoms with Crippen LogP contribution in [0.4, 0.5) is 0 Å². The van der Waals surface area contributed by atoms with Crippen LogP contribution in [0.2, 0.25) is 0 Å². The number of nitrogens with zero attached hydrogens (tertiary/aromatic N) is 2. The van der Waals surface area contributed by atoms with Crippen molar-refractivity contribution in [3.05, 3.63) is 18.1 Å². The lowest BCUT2D eigenvalue weighted by atomic mass is 10.3. The average molecular weight is 193 g/mol. The molecule has 0 spiro atoms. The summed E-state index contributed by atoms with van der Waals surface area (Å²) in [5, 5.41) is 0. The Labute approximate surface area is 83.5 Å². The molecular weight excluding hydrogens is 178 g/mol. The molecule has 2 N–H and O–H groups in total. The summed E-state index contributed by atoms with van der Waals surface area (Å²) in [6, 6.07) is 2.08. The van der Waals surface area contributed by atoms with E-state index in [1.807, 2.05) is 6.92 Å². The maximum Gasteiger partial charge on any atom is 0.216 e. The van der Waals surface area contributed by atoms with Crippen LogP contribution in [0.3, 0.4) is 0 Å². The third-order valence-corrected chi connectivity index (χ3v) is 2.46. The number of rotatable bonds is 2. The minimum atomic E-state index is 0.235. The third kappa shape index (κ3) is 2.20. The molecule has 1 fully saturated rings. The first kappa shape index (κ1) is 9.40. The van der Waals surface area contributed by atoms with Gasteiger partial charge in [-0.25, -0.2) is 4.98 Å². The highest BCUT2D eigenvalue weighted by Crippen LogP contribution is 2.21. The molecule has 0 saturated heterocycles. The maximum atomic E-state index is 5.80. The van der Waals surface area contributed by atoms with Gasteiger partial charge in [-0.05, 0) is 26.2 Å². The summed E-state index contributed by atoms with van der Waals surface area (Å²) in [4.78, 5) is 8.20. The fourth-order valence-electron chi connectivity index (χ4n) is 1.75. The summed E-state index contributed by atoms with van der Waals surface area (Å²) in [5.41, 5.74) is 5.80. The van der Waals surface area contributed by atoms with E-state index < -0.39 is 0 Å². The Morgan fingerprint density at radius 1 is 1.50 bits per heavy atom. The fourth-order valence-corrected chi connectivity index (χ4v) is 1.75. The van der Waals surface area contributed by atoms with Gasteiger partial charge in [-0.2, -0.15) is 4.98 Å². The monoisotopic (exact) mass is 193 g/mol. The zero-order valence-electron chi connectivity index (χ0n) is 8.31. The van der Waals surface area contributed by atoms with Gasteiger partial charge < -0.3 is 10.5 Å². The molecule has 1 aromatic rings. The van der Waals surface area contributed by atoms with Crippen molar-refractivity contribution in [1.29, 1.82) is 0 Å². The van der Waals surface area contributed by atoms with Crippen molar-refractivity contribution >= 4 is 0 Å². The molecule has 0 bridgehead atoms. The van der Waals surface area contributed by atoms with E-state index >= 15 is 0 Å². The second kappa shape index (κ2) is 3.92. The van der Waals surface area contributed by atoms with Crippen LogP contribution in [0.1, 0.15) is 25.1 Å². The van der Waals surface area contributed by atoms with Crippen molar-refractivity contribution in [3.63, 3.8) is 0 Å². The molecule has 0 amide bonds. The van der Waals surface area contributed by atoms with Crippen molar-refractivity contribution in [2.24, 2.45) is 5.73 Å². The van der Waals surface area contributed by atoms with Gasteiger partial charge in [0.1, 0.15) is 11.9 Å². The van der Waals surface area contributed by atoms with Crippen molar-refractivity contribution in [1.82, 2.24) is 9.97 Å². The summed E-state index contributed by atoms with van der Waals surface area (Å²) in [7, 11) is 0. The van der Waals surface area contributed by atoms with Gasteiger partial charge in [-0.1, -0.05) is 0 Å². The Hall–Kier alpha value is -1.16. The standard InChI is InChI=1S/C10H15N3O/c1-7-12-5-4-10(13-7)14-9-3-2-8(11)6-9/h4-5,8-9H,2-3,6,11H2,1H3. The Bertz CT molecular complexity index is 316. The van der Waals surface area contributed by atoms with E-state index in [-0.39, 0.29) is 6.10 Å². The molecule has 2 atom stereocenters. The lowest BCUT2D eigenvalue weighted by Crippen LogP contribution is -2.19. The van der Waals surface area contributed by atoms with E-state index in [0.29, 0.717) is 11.9 Å². The second-order valence-electron chi connectivity index (χ2n) is 3.76. The van der Waals surface area contributed by atoms with Crippen LogP contribution in [-0.2, 0) is 0 Å². The number of nitrogens with two attached hydrogens (primary N) is 1. The molecule has 0 radical (unpaired) electrons. The van der Waals surface area contributed by atoms with E-state index in [1.54, 1.807) is 12.3 Å². The first-order chi connectivity index (χ1) is 6.74. The fraction of sp³-hybridized carbons (Fsp3) is 0.600. The van der Waals surface area contributed by atoms with Gasteiger partial charge >= 0.3 is 0 Å². The smallest absolute Gasteiger partial charge is 0.216 e. The van der Waals surface area contributed by atoms with Gasteiger partial charge in [-0.15, -0.1) is 0 Å². The van der Waals surface area contributed by atoms with E-state index in [2.05, 4.69) is 9.97 Å². The van der Waals surface area contributed by atoms with E-state index in [1.165, 1.54) is 0 Å². The Morgan fingerprint density at radius 2 is 2.36 bits per heavy atom. The number of aryl methyl sites for hydroxylation is 1. The zero-order chi connectivity index (χ0) is 9.97. The Balaban J connectivity index is 1.97. The molecule has 76 valence electrons. The largest absolute Gasteiger partial charge is 0.474 e. The number of aromatic nitrogens is 2. The molecule has 14 heavy (non-hydrogen) atoms. The van der Waals surface area contributed by atoms with Crippen LogP contribution < -0.4 is 10.5 Å². The first-order valence-corrected chi connectivity index (χ1v) is 4.96. The van der Waals surface area contributed by atoms with E-state index in [0.717, 1.165) is 25.1 Å². The molecule has 2 unspecified atom stereocenters. The predicted octanol–water partition coefficient (Wildman–Crippen LogP) is 1.04. The molecule has 0 aromatic carbocycles. The summed E-state index contributed by atoms with van der Waals surface area (Å²) >= 11 is 0. The highest BCUT2D eigenvalue weighted by atomic mass is 16.5. The van der Waals surface area contributed by atoms with Gasteiger partial charge in [0.15, 0.2) is 0 Å². The summed E-state index contributed by atoms with van der Waals surface area (Å²) in [6.45, 7) is 1.85. The third-order valence-electron chi connectivity index (χ3n) is 2.46. The summed E-state index contributed by atoms with van der Waals surface area (Å²) in [5.74, 6) is 1.40. The van der Waals surface area contributed by atoms with Gasteiger partial charge in [0.2, 0.25) is 5.88 Å². The van der Waals surface area contributed by atoms with Gasteiger partial charge in [-0.3, -0.25) is 0 Å². The topological polar surface area (TPSA) is 61.0 Å². The molecule has 1 heterocycles. The quantitative estimate of drug-likeness (QED) is 0.762. The van der Waals surface area contributed by atoms with Gasteiger partial charge in [0, 0.05) is 18.3 Å². The lowest BCUT2D eigenvalue weighted by Gasteiger charge is -2.12. The van der Waals surface area contributed by atoms with Gasteiger partial charge in [0.05, 0.1) is 0 Å². The minimum Gasteiger partial charge on any atom is -0.474 e. The van der Waals surface area contributed by atoms with Crippen LogP contribution in [0, 0.1) is 6.92 Å². The number of hydrogen-bond acceptors (Lipinski definition) is 4. The van der Waals surface area contributed by atoms with Crippen molar-refractivity contribution in [3.8, 4) is 5.88 Å². The molecule has 4 heteroatoms. The lowest BCUT2D eigenvalue weighted by molar-refractivity contribution is 0.199. The normalized spacial score (nSPS) is 26.4. The molecule has 4 nitrogen and oxygen atoms in total. The number of hydrogen-bond donors (Lipinski definition) is 1. The zero-order valence-corrected chi connectivity index (χ0v) is 8.31. The van der Waals surface area contributed by atoms with Crippen LogP contribution in [0.25, 0.3) is 0 Å². The van der Waals surface area contributed by atoms with Crippen LogP contribution in [-0.4, -0.2) is 22.1 Å². The van der Waals surface area contributed by atoms with Crippen molar-refractivity contribution in [2.45, 2.75) is 38.3 Å². The molecule has 2 rings (SSSR count). The number of ether oxygens (including phenoxy) is 1. The summed E-state index contributed by atoms with van der Waals surface area (Å²) in [6.07, 6.45) is 4.97. The Morgan fingerprint density at radius 3 is 3.00 bits per heavy atom.